The Morgan fingerprint density at radius 2 is 1.03 bits per heavy atom. The molecular weight excluding hydrogens is 1120 g/mol. The molecule has 5 nitrogen and oxygen atoms in total. The van der Waals surface area contributed by atoms with Gasteiger partial charge in [0, 0.05) is 51.3 Å². The van der Waals surface area contributed by atoms with Gasteiger partial charge in [0.2, 0.25) is 0 Å². The van der Waals surface area contributed by atoms with Crippen LogP contribution in [0.5, 0.6) is 11.5 Å². The van der Waals surface area contributed by atoms with Gasteiger partial charge in [0.15, 0.2) is 0 Å². The average molecular weight is 1200 g/mol. The van der Waals surface area contributed by atoms with Gasteiger partial charge in [0.1, 0.15) is 24.0 Å². The fourth-order valence-corrected chi connectivity index (χ4v) is 18.0. The third-order valence-corrected chi connectivity index (χ3v) is 21.8. The third-order valence-electron chi connectivity index (χ3n) is 21.8. The predicted molar refractivity (Wildman–Crippen MR) is 385 cm³/mol. The molecule has 18 rings (SSSR count). The summed E-state index contributed by atoms with van der Waals surface area (Å²) in [6, 6.07) is 91.0. The number of rotatable bonds is 13. The van der Waals surface area contributed by atoms with Crippen LogP contribution in [0.2, 0.25) is 0 Å². The highest BCUT2D eigenvalue weighted by molar-refractivity contribution is 6.10. The minimum atomic E-state index is -0.148. The lowest BCUT2D eigenvalue weighted by molar-refractivity contribution is -0.0412. The second-order valence-electron chi connectivity index (χ2n) is 28.1. The Kier molecular flexibility index (Phi) is 13.6. The molecule has 4 fully saturated rings. The van der Waals surface area contributed by atoms with Crippen LogP contribution in [-0.2, 0) is 5.41 Å². The van der Waals surface area contributed by atoms with Crippen molar-refractivity contribution in [2.75, 3.05) is 16.5 Å². The Hall–Kier alpha value is -9.71. The highest BCUT2D eigenvalue weighted by atomic mass is 16.5. The Bertz CT molecular complexity index is 4900. The number of pyridine rings is 1. The van der Waals surface area contributed by atoms with Crippen molar-refractivity contribution >= 4 is 66.1 Å². The molecule has 1 aliphatic heterocycles. The molecule has 2 aromatic heterocycles. The molecule has 0 amide bonds. The van der Waals surface area contributed by atoms with E-state index in [9.17, 15) is 0 Å². The smallest absolute Gasteiger partial charge is 0.137 e. The van der Waals surface area contributed by atoms with Gasteiger partial charge in [-0.05, 0) is 200 Å². The molecule has 5 heteroatoms. The molecule has 452 valence electrons. The quantitative estimate of drug-likeness (QED) is 0.108. The van der Waals surface area contributed by atoms with E-state index >= 15 is 0 Å². The van der Waals surface area contributed by atoms with E-state index in [2.05, 4.69) is 305 Å². The lowest BCUT2D eigenvalue weighted by Gasteiger charge is -2.62. The van der Waals surface area contributed by atoms with E-state index < -0.39 is 0 Å². The SMILES string of the molecule is CC(C)c1cc(C(C)C)c(-c2cc(Oc3ccc4c5ccccc5n(-c5cc(C6(c7cccc8c7ccc7ccccc78)C7CC8CC(C7)CC6C8)ccn5)c4c3)cc(N3CN(c4c(-c5ccccc5)cccc4-c4ccccc4)c4ccccc43)c2)c(C(C)C)c1. The zero-order chi connectivity index (χ0) is 61.9. The molecule has 3 heterocycles. The van der Waals surface area contributed by atoms with Crippen LogP contribution >= 0.6 is 0 Å². The highest BCUT2D eigenvalue weighted by Crippen LogP contribution is 2.66. The molecule has 0 atom stereocenters. The minimum absolute atomic E-state index is 0.148. The Morgan fingerprint density at radius 1 is 0.435 bits per heavy atom. The van der Waals surface area contributed by atoms with Crippen molar-refractivity contribution in [3.8, 4) is 50.7 Å². The standard InChI is InChI=1S/C87H78N4O/c1-54(2)62-48-77(55(3)4)85(78(49-62)56(5)6)63-46-67(89-53-90(82-34-18-17-33-81(82)89)86-71(59-21-9-7-10-22-59)28-19-29-72(86)60-23-11-8-12-24-60)51-69(47-63)92-68-36-38-76-75-27-15-16-32-80(75)91(83(76)52-68)84-50-64(39-40-88-84)87(65-42-57-41-58(44-65)45-66(87)43-57)79-31-20-30-73-70-26-14-13-25-61(70)35-37-74(73)79/h7-40,46-52,54-58,65-66H,41-45,53H2,1-6H3. The Balaban J connectivity index is 0.828. The first-order chi connectivity index (χ1) is 45.0. The van der Waals surface area contributed by atoms with Gasteiger partial charge in [-0.2, -0.15) is 0 Å². The number of para-hydroxylation sites is 4. The predicted octanol–water partition coefficient (Wildman–Crippen LogP) is 23.6. The summed E-state index contributed by atoms with van der Waals surface area (Å²) in [5.74, 6) is 6.20. The monoisotopic (exact) mass is 1190 g/mol. The second kappa shape index (κ2) is 22.3. The van der Waals surface area contributed by atoms with E-state index in [1.165, 1.54) is 126 Å². The molecule has 0 saturated heterocycles. The third kappa shape index (κ3) is 9.12. The number of hydrogen-bond acceptors (Lipinski definition) is 4. The largest absolute Gasteiger partial charge is 0.457 e. The maximum absolute atomic E-state index is 7.51. The number of nitrogens with zero attached hydrogens (tertiary/aromatic N) is 4. The number of aromatic nitrogens is 2. The molecule has 11 aromatic carbocycles. The zero-order valence-corrected chi connectivity index (χ0v) is 53.7. The molecule has 13 aromatic rings. The topological polar surface area (TPSA) is 33.5 Å². The number of ether oxygens (including phenoxy) is 1. The summed E-state index contributed by atoms with van der Waals surface area (Å²) in [4.78, 5) is 10.4. The van der Waals surface area contributed by atoms with Crippen LogP contribution in [0.15, 0.2) is 249 Å². The maximum Gasteiger partial charge on any atom is 0.137 e. The van der Waals surface area contributed by atoms with Gasteiger partial charge in [-0.25, -0.2) is 4.98 Å². The van der Waals surface area contributed by atoms with E-state index in [-0.39, 0.29) is 17.3 Å². The van der Waals surface area contributed by atoms with E-state index in [1.807, 2.05) is 0 Å². The summed E-state index contributed by atoms with van der Waals surface area (Å²) >= 11 is 0. The molecular formula is C87H78N4O. The van der Waals surface area contributed by atoms with Crippen LogP contribution in [0.3, 0.4) is 0 Å². The van der Waals surface area contributed by atoms with Gasteiger partial charge in [0.25, 0.3) is 0 Å². The van der Waals surface area contributed by atoms with Crippen LogP contribution in [0.25, 0.3) is 82.5 Å². The molecule has 4 aliphatic carbocycles. The minimum Gasteiger partial charge on any atom is -0.457 e. The van der Waals surface area contributed by atoms with E-state index in [1.54, 1.807) is 0 Å². The van der Waals surface area contributed by atoms with Crippen molar-refractivity contribution in [2.45, 2.75) is 96.8 Å². The van der Waals surface area contributed by atoms with Gasteiger partial charge in [-0.3, -0.25) is 4.57 Å². The summed E-state index contributed by atoms with van der Waals surface area (Å²) in [6.45, 7) is 14.6. The van der Waals surface area contributed by atoms with Crippen molar-refractivity contribution in [1.82, 2.24) is 9.55 Å². The van der Waals surface area contributed by atoms with Gasteiger partial charge in [-0.1, -0.05) is 217 Å². The van der Waals surface area contributed by atoms with Crippen LogP contribution < -0.4 is 14.5 Å². The fraction of sp³-hybridized carbons (Fsp3) is 0.230. The molecule has 4 saturated carbocycles. The summed E-state index contributed by atoms with van der Waals surface area (Å²) < 4.78 is 9.93. The lowest BCUT2D eigenvalue weighted by atomic mass is 9.42. The van der Waals surface area contributed by atoms with Crippen molar-refractivity contribution in [3.63, 3.8) is 0 Å². The van der Waals surface area contributed by atoms with Gasteiger partial charge >= 0.3 is 0 Å². The molecule has 0 radical (unpaired) electrons. The van der Waals surface area contributed by atoms with Gasteiger partial charge < -0.3 is 14.5 Å². The van der Waals surface area contributed by atoms with Crippen LogP contribution in [0.1, 0.15) is 119 Å². The molecule has 0 spiro atoms. The number of hydrogen-bond donors (Lipinski definition) is 0. The normalized spacial score (nSPS) is 19.2. The summed E-state index contributed by atoms with van der Waals surface area (Å²) in [7, 11) is 0. The molecule has 0 N–H and O–H groups in total. The van der Waals surface area contributed by atoms with Gasteiger partial charge in [-0.15, -0.1) is 0 Å². The van der Waals surface area contributed by atoms with E-state index in [0.717, 1.165) is 62.8 Å². The molecule has 0 unspecified atom stereocenters. The Morgan fingerprint density at radius 3 is 1.72 bits per heavy atom. The number of anilines is 4. The fourth-order valence-electron chi connectivity index (χ4n) is 18.0. The van der Waals surface area contributed by atoms with Crippen molar-refractivity contribution in [1.29, 1.82) is 0 Å². The van der Waals surface area contributed by atoms with E-state index in [0.29, 0.717) is 24.4 Å². The number of fused-ring (bicyclic) bond motifs is 7. The first-order valence-electron chi connectivity index (χ1n) is 33.9. The molecule has 4 bridgehead atoms. The summed E-state index contributed by atoms with van der Waals surface area (Å²) in [5.41, 5.74) is 20.8. The molecule has 5 aliphatic rings. The number of benzene rings is 11. The summed E-state index contributed by atoms with van der Waals surface area (Å²) in [5, 5.41) is 7.75. The molecule has 92 heavy (non-hydrogen) atoms. The van der Waals surface area contributed by atoms with Crippen LogP contribution in [0, 0.1) is 23.7 Å². The average Bonchev–Trinajstić information content (AvgIpc) is 1.01. The van der Waals surface area contributed by atoms with E-state index in [4.69, 9.17) is 9.72 Å². The Labute approximate surface area is 541 Å². The van der Waals surface area contributed by atoms with Crippen molar-refractivity contribution in [2.24, 2.45) is 23.7 Å². The van der Waals surface area contributed by atoms with Crippen LogP contribution in [-0.4, -0.2) is 16.2 Å². The highest BCUT2D eigenvalue weighted by Gasteiger charge is 2.59. The second-order valence-corrected chi connectivity index (χ2v) is 28.1. The van der Waals surface area contributed by atoms with Gasteiger partial charge in [0.05, 0.1) is 28.1 Å². The zero-order valence-electron chi connectivity index (χ0n) is 53.7. The van der Waals surface area contributed by atoms with Crippen molar-refractivity contribution < 1.29 is 4.74 Å². The lowest BCUT2D eigenvalue weighted by Crippen LogP contribution is -2.56. The van der Waals surface area contributed by atoms with Crippen LogP contribution in [0.4, 0.5) is 22.7 Å². The first-order valence-corrected chi connectivity index (χ1v) is 33.9. The van der Waals surface area contributed by atoms with Crippen molar-refractivity contribution in [3.05, 3.63) is 277 Å². The first kappa shape index (κ1) is 56.3. The maximum atomic E-state index is 7.51. The summed E-state index contributed by atoms with van der Waals surface area (Å²) in [6.07, 6.45) is 8.67.